The van der Waals surface area contributed by atoms with E-state index >= 15 is 0 Å². The molecule has 9 heteroatoms. The lowest BCUT2D eigenvalue weighted by Crippen LogP contribution is -2.10. The highest BCUT2D eigenvalue weighted by Crippen LogP contribution is 2.21. The Morgan fingerprint density at radius 3 is 2.90 bits per heavy atom. The molecule has 1 heterocycles. The average molecular weight is 308 g/mol. The van der Waals surface area contributed by atoms with Crippen LogP contribution in [0.2, 0.25) is 5.02 Å². The third kappa shape index (κ3) is 3.86. The van der Waals surface area contributed by atoms with Gasteiger partial charge in [0, 0.05) is 22.8 Å². The van der Waals surface area contributed by atoms with Gasteiger partial charge in [0.05, 0.1) is 16.7 Å². The lowest BCUT2D eigenvalue weighted by atomic mass is 10.2. The van der Waals surface area contributed by atoms with Crippen molar-refractivity contribution in [2.45, 2.75) is 6.92 Å². The van der Waals surface area contributed by atoms with Crippen LogP contribution >= 0.6 is 11.6 Å². The second-order valence-corrected chi connectivity index (χ2v) is 4.50. The molecule has 8 nitrogen and oxygen atoms in total. The molecule has 0 unspecified atom stereocenters. The van der Waals surface area contributed by atoms with Gasteiger partial charge in [-0.15, -0.1) is 0 Å². The van der Waals surface area contributed by atoms with E-state index in [1.54, 1.807) is 6.92 Å². The Bertz CT molecular complexity index is 772. The summed E-state index contributed by atoms with van der Waals surface area (Å²) in [4.78, 5) is 28.0. The van der Waals surface area contributed by atoms with E-state index in [1.165, 1.54) is 30.5 Å². The Morgan fingerprint density at radius 1 is 1.48 bits per heavy atom. The van der Waals surface area contributed by atoms with E-state index in [4.69, 9.17) is 11.6 Å². The first-order valence-corrected chi connectivity index (χ1v) is 6.14. The molecule has 0 aliphatic heterocycles. The largest absolute Gasteiger partial charge is 0.291 e. The molecular weight excluding hydrogens is 298 g/mol. The van der Waals surface area contributed by atoms with Crippen LogP contribution in [0.3, 0.4) is 0 Å². The molecule has 21 heavy (non-hydrogen) atoms. The molecule has 0 saturated heterocycles. The molecule has 2 aromatic rings. The molecule has 1 aromatic heterocycles. The number of rotatable bonds is 4. The van der Waals surface area contributed by atoms with Crippen molar-refractivity contribution in [3.8, 4) is 0 Å². The zero-order valence-corrected chi connectivity index (χ0v) is 11.6. The molecule has 0 saturated carbocycles. The second-order valence-electron chi connectivity index (χ2n) is 4.07. The van der Waals surface area contributed by atoms with Crippen molar-refractivity contribution in [2.75, 3.05) is 5.43 Å². The zero-order chi connectivity index (χ0) is 15.4. The number of nitrogens with zero attached hydrogens (tertiary/aromatic N) is 3. The Morgan fingerprint density at radius 2 is 2.24 bits per heavy atom. The molecule has 0 aliphatic carbocycles. The predicted octanol–water partition coefficient (Wildman–Crippen LogP) is 2.09. The smallest absolute Gasteiger partial charge is 0.278 e. The van der Waals surface area contributed by atoms with Gasteiger partial charge in [-0.25, -0.2) is 10.4 Å². The molecule has 2 N–H and O–H groups in total. The van der Waals surface area contributed by atoms with Crippen LogP contribution in [0.5, 0.6) is 0 Å². The van der Waals surface area contributed by atoms with Crippen LogP contribution in [-0.2, 0) is 0 Å². The Balaban J connectivity index is 2.23. The van der Waals surface area contributed by atoms with E-state index < -0.39 is 4.92 Å². The first-order valence-electron chi connectivity index (χ1n) is 5.76. The van der Waals surface area contributed by atoms with Gasteiger partial charge in [-0.1, -0.05) is 11.6 Å². The summed E-state index contributed by atoms with van der Waals surface area (Å²) < 4.78 is 0. The maximum Gasteiger partial charge on any atom is 0.278 e. The van der Waals surface area contributed by atoms with Crippen LogP contribution in [-0.4, -0.2) is 21.1 Å². The number of nitrogens with one attached hydrogen (secondary N) is 2. The molecule has 0 bridgehead atoms. The number of halogens is 1. The number of H-pyrrole nitrogens is 1. The average Bonchev–Trinajstić information content (AvgIpc) is 2.37. The quantitative estimate of drug-likeness (QED) is 0.510. The number of aryl methyl sites for hydroxylation is 1. The van der Waals surface area contributed by atoms with Gasteiger partial charge in [0.1, 0.15) is 0 Å². The number of benzene rings is 1. The van der Waals surface area contributed by atoms with Crippen LogP contribution < -0.4 is 11.0 Å². The molecule has 2 rings (SSSR count). The standard InChI is InChI=1S/C12H10ClN5O3/c1-7-4-11(19)16-12(15-7)17-14-6-8-5-9(13)2-3-10(8)18(20)21/h2-6H,1H3,(H2,15,16,17,19). The normalized spacial score (nSPS) is 10.8. The van der Waals surface area contributed by atoms with E-state index in [9.17, 15) is 14.9 Å². The van der Waals surface area contributed by atoms with Crippen LogP contribution in [0.15, 0.2) is 34.2 Å². The van der Waals surface area contributed by atoms with Gasteiger partial charge in [0.2, 0.25) is 5.95 Å². The fourth-order valence-corrected chi connectivity index (χ4v) is 1.77. The highest BCUT2D eigenvalue weighted by molar-refractivity contribution is 6.31. The van der Waals surface area contributed by atoms with Crippen molar-refractivity contribution in [2.24, 2.45) is 5.10 Å². The number of hydrazone groups is 1. The van der Waals surface area contributed by atoms with Crippen LogP contribution in [0, 0.1) is 17.0 Å². The summed E-state index contributed by atoms with van der Waals surface area (Å²) >= 11 is 5.79. The third-order valence-electron chi connectivity index (χ3n) is 2.43. The molecule has 108 valence electrons. The lowest BCUT2D eigenvalue weighted by molar-refractivity contribution is -0.385. The predicted molar refractivity (Wildman–Crippen MR) is 78.9 cm³/mol. The van der Waals surface area contributed by atoms with Crippen molar-refractivity contribution in [1.29, 1.82) is 0 Å². The Kier molecular flexibility index (Phi) is 4.29. The topological polar surface area (TPSA) is 113 Å². The number of hydrogen-bond donors (Lipinski definition) is 2. The lowest BCUT2D eigenvalue weighted by Gasteiger charge is -2.00. The van der Waals surface area contributed by atoms with Crippen LogP contribution in [0.4, 0.5) is 11.6 Å². The highest BCUT2D eigenvalue weighted by Gasteiger charge is 2.11. The molecule has 0 radical (unpaired) electrons. The second kappa shape index (κ2) is 6.14. The first kappa shape index (κ1) is 14.7. The molecule has 1 aromatic carbocycles. The summed E-state index contributed by atoms with van der Waals surface area (Å²) in [5, 5.41) is 15.0. The SMILES string of the molecule is Cc1cc(=O)[nH]c(NN=Cc2cc(Cl)ccc2[N+](=O)[O-])n1. The number of anilines is 1. The van der Waals surface area contributed by atoms with E-state index in [1.807, 2.05) is 0 Å². The van der Waals surface area contributed by atoms with Gasteiger partial charge < -0.3 is 0 Å². The molecule has 0 spiro atoms. The van der Waals surface area contributed by atoms with E-state index in [0.29, 0.717) is 10.7 Å². The number of aromatic amines is 1. The van der Waals surface area contributed by atoms with E-state index in [-0.39, 0.29) is 22.8 Å². The van der Waals surface area contributed by atoms with Crippen molar-refractivity contribution < 1.29 is 4.92 Å². The van der Waals surface area contributed by atoms with Gasteiger partial charge in [-0.3, -0.25) is 19.9 Å². The minimum Gasteiger partial charge on any atom is -0.291 e. The summed E-state index contributed by atoms with van der Waals surface area (Å²) in [7, 11) is 0. The molecular formula is C12H10ClN5O3. The monoisotopic (exact) mass is 307 g/mol. The molecule has 0 atom stereocenters. The summed E-state index contributed by atoms with van der Waals surface area (Å²) in [5.74, 6) is 0.140. The van der Waals surface area contributed by atoms with Gasteiger partial charge in [-0.05, 0) is 19.1 Å². The Labute approximate surface area is 123 Å². The summed E-state index contributed by atoms with van der Waals surface area (Å²) in [5.41, 5.74) is 2.79. The maximum absolute atomic E-state index is 11.2. The van der Waals surface area contributed by atoms with Gasteiger partial charge in [-0.2, -0.15) is 5.10 Å². The summed E-state index contributed by atoms with van der Waals surface area (Å²) in [6.45, 7) is 1.66. The summed E-state index contributed by atoms with van der Waals surface area (Å²) in [6, 6.07) is 5.45. The van der Waals surface area contributed by atoms with Crippen molar-refractivity contribution in [3.05, 3.63) is 61.0 Å². The Hall–Kier alpha value is -2.74. The minimum atomic E-state index is -0.537. The molecule has 0 amide bonds. The van der Waals surface area contributed by atoms with E-state index in [0.717, 1.165) is 0 Å². The minimum absolute atomic E-state index is 0.129. The number of nitro groups is 1. The molecule has 0 aliphatic rings. The van der Waals surface area contributed by atoms with Crippen molar-refractivity contribution in [1.82, 2.24) is 9.97 Å². The van der Waals surface area contributed by atoms with Gasteiger partial charge >= 0.3 is 0 Å². The first-order chi connectivity index (χ1) is 9.95. The number of nitro benzene ring substituents is 1. The fraction of sp³-hybridized carbons (Fsp3) is 0.0833. The summed E-state index contributed by atoms with van der Waals surface area (Å²) in [6.07, 6.45) is 1.23. The fourth-order valence-electron chi connectivity index (χ4n) is 1.59. The molecule has 0 fully saturated rings. The van der Waals surface area contributed by atoms with Crippen LogP contribution in [0.25, 0.3) is 0 Å². The third-order valence-corrected chi connectivity index (χ3v) is 2.67. The highest BCUT2D eigenvalue weighted by atomic mass is 35.5. The number of hydrogen-bond acceptors (Lipinski definition) is 6. The zero-order valence-electron chi connectivity index (χ0n) is 10.8. The van der Waals surface area contributed by atoms with Crippen molar-refractivity contribution >= 4 is 29.5 Å². The number of aromatic nitrogens is 2. The van der Waals surface area contributed by atoms with Gasteiger partial charge in [0.25, 0.3) is 11.2 Å². The van der Waals surface area contributed by atoms with Crippen LogP contribution in [0.1, 0.15) is 11.3 Å². The van der Waals surface area contributed by atoms with Crippen molar-refractivity contribution in [3.63, 3.8) is 0 Å². The maximum atomic E-state index is 11.2. The van der Waals surface area contributed by atoms with Gasteiger partial charge in [0.15, 0.2) is 0 Å². The van der Waals surface area contributed by atoms with E-state index in [2.05, 4.69) is 20.5 Å².